The number of rotatable bonds is 14. The molecule has 2 rings (SSSR count). The van der Waals surface area contributed by atoms with E-state index in [9.17, 15) is 4.79 Å². The first kappa shape index (κ1) is 23.1. The van der Waals surface area contributed by atoms with Gasteiger partial charge < -0.3 is 4.74 Å². The van der Waals surface area contributed by atoms with Gasteiger partial charge in [0, 0.05) is 12.0 Å². The summed E-state index contributed by atoms with van der Waals surface area (Å²) in [4.78, 5) is 11.3. The van der Waals surface area contributed by atoms with Crippen LogP contribution in [0.25, 0.3) is 11.3 Å². The molecule has 4 nitrogen and oxygen atoms in total. The van der Waals surface area contributed by atoms with Gasteiger partial charge in [-0.25, -0.2) is 0 Å². The molecular formula is C25H36N2O2. The summed E-state index contributed by atoms with van der Waals surface area (Å²) in [6, 6.07) is 12.5. The largest absolute Gasteiger partial charge is 0.466 e. The average molecular weight is 397 g/mol. The van der Waals surface area contributed by atoms with Crippen LogP contribution in [0, 0.1) is 0 Å². The first-order chi connectivity index (χ1) is 14.2. The van der Waals surface area contributed by atoms with E-state index in [4.69, 9.17) is 4.74 Å². The monoisotopic (exact) mass is 396 g/mol. The second-order valence-electron chi connectivity index (χ2n) is 7.55. The van der Waals surface area contributed by atoms with Crippen molar-refractivity contribution in [2.24, 2.45) is 0 Å². The first-order valence-electron chi connectivity index (χ1n) is 11.3. The van der Waals surface area contributed by atoms with Crippen molar-refractivity contribution in [1.82, 2.24) is 10.2 Å². The first-order valence-corrected chi connectivity index (χ1v) is 11.3. The van der Waals surface area contributed by atoms with Crippen LogP contribution in [-0.4, -0.2) is 22.8 Å². The van der Waals surface area contributed by atoms with Crippen LogP contribution in [0.4, 0.5) is 0 Å². The molecule has 0 saturated heterocycles. The van der Waals surface area contributed by atoms with Crippen molar-refractivity contribution in [2.75, 3.05) is 6.61 Å². The van der Waals surface area contributed by atoms with Crippen LogP contribution in [-0.2, 0) is 22.4 Å². The minimum Gasteiger partial charge on any atom is -0.466 e. The Morgan fingerprint density at radius 3 is 2.17 bits per heavy atom. The quantitative estimate of drug-likeness (QED) is 0.277. The predicted octanol–water partition coefficient (Wildman–Crippen LogP) is 6.32. The molecule has 2 aromatic rings. The molecule has 0 bridgehead atoms. The highest BCUT2D eigenvalue weighted by molar-refractivity contribution is 5.69. The summed E-state index contributed by atoms with van der Waals surface area (Å²) in [6.45, 7) is 4.53. The molecule has 1 aromatic heterocycles. The van der Waals surface area contributed by atoms with E-state index in [1.54, 1.807) is 0 Å². The van der Waals surface area contributed by atoms with Crippen LogP contribution in [0.5, 0.6) is 0 Å². The summed E-state index contributed by atoms with van der Waals surface area (Å²) >= 11 is 0. The third-order valence-electron chi connectivity index (χ3n) is 5.26. The molecule has 0 fully saturated rings. The molecule has 0 atom stereocenters. The molecular weight excluding hydrogens is 360 g/mol. The number of unbranched alkanes of at least 4 members (excludes halogenated alkanes) is 7. The number of hydrogen-bond acceptors (Lipinski definition) is 4. The lowest BCUT2D eigenvalue weighted by atomic mass is 10.0. The molecule has 0 N–H and O–H groups in total. The zero-order valence-corrected chi connectivity index (χ0v) is 18.2. The Bertz CT molecular complexity index is 716. The molecule has 0 aliphatic heterocycles. The third kappa shape index (κ3) is 8.76. The predicted molar refractivity (Wildman–Crippen MR) is 119 cm³/mol. The van der Waals surface area contributed by atoms with E-state index in [-0.39, 0.29) is 5.97 Å². The summed E-state index contributed by atoms with van der Waals surface area (Å²) in [5.41, 5.74) is 4.57. The maximum atomic E-state index is 11.3. The van der Waals surface area contributed by atoms with Gasteiger partial charge in [0.25, 0.3) is 0 Å². The molecule has 0 amide bonds. The van der Waals surface area contributed by atoms with E-state index in [1.165, 1.54) is 44.1 Å². The second kappa shape index (κ2) is 13.9. The Hall–Kier alpha value is -2.23. The second-order valence-corrected chi connectivity index (χ2v) is 7.55. The lowest BCUT2D eigenvalue weighted by Crippen LogP contribution is -2.03. The number of carbonyl (C=O) groups is 1. The van der Waals surface area contributed by atoms with Gasteiger partial charge in [0.15, 0.2) is 0 Å². The minimum absolute atomic E-state index is 0.0566. The summed E-state index contributed by atoms with van der Waals surface area (Å²) in [5, 5.41) is 8.99. The molecule has 0 aliphatic rings. The average Bonchev–Trinajstić information content (AvgIpc) is 2.76. The highest BCUT2D eigenvalue weighted by Crippen LogP contribution is 2.20. The van der Waals surface area contributed by atoms with E-state index in [0.717, 1.165) is 42.6 Å². The molecule has 0 radical (unpaired) electrons. The van der Waals surface area contributed by atoms with Crippen LogP contribution in [0.15, 0.2) is 36.4 Å². The lowest BCUT2D eigenvalue weighted by molar-refractivity contribution is -0.143. The van der Waals surface area contributed by atoms with Gasteiger partial charge >= 0.3 is 5.97 Å². The van der Waals surface area contributed by atoms with Crippen molar-refractivity contribution in [3.63, 3.8) is 0 Å². The van der Waals surface area contributed by atoms with E-state index < -0.39 is 0 Å². The van der Waals surface area contributed by atoms with Gasteiger partial charge in [0.2, 0.25) is 0 Å². The topological polar surface area (TPSA) is 52.1 Å². The number of ether oxygens (including phenoxy) is 1. The Morgan fingerprint density at radius 2 is 1.52 bits per heavy atom. The molecule has 0 unspecified atom stereocenters. The highest BCUT2D eigenvalue weighted by atomic mass is 16.5. The van der Waals surface area contributed by atoms with E-state index in [1.807, 2.05) is 25.1 Å². The van der Waals surface area contributed by atoms with Crippen LogP contribution in [0.3, 0.4) is 0 Å². The van der Waals surface area contributed by atoms with Gasteiger partial charge in [-0.05, 0) is 44.2 Å². The standard InChI is InChI=1S/C25H36N2O2/c1-3-21-20-24(22-16-12-11-13-17-22)27-26-23(21)18-14-9-7-5-6-8-10-15-19-25(28)29-4-2/h11-13,16-17,20H,3-10,14-15,18-19H2,1-2H3. The Balaban J connectivity index is 1.60. The van der Waals surface area contributed by atoms with Gasteiger partial charge in [-0.1, -0.05) is 75.8 Å². The molecule has 0 aliphatic carbocycles. The van der Waals surface area contributed by atoms with Crippen molar-refractivity contribution in [3.05, 3.63) is 47.7 Å². The maximum Gasteiger partial charge on any atom is 0.305 e. The number of aryl methyl sites for hydroxylation is 2. The highest BCUT2D eigenvalue weighted by Gasteiger charge is 2.07. The SMILES string of the molecule is CCOC(=O)CCCCCCCCCCc1nnc(-c2ccccc2)cc1CC. The van der Waals surface area contributed by atoms with E-state index in [0.29, 0.717) is 13.0 Å². The van der Waals surface area contributed by atoms with Crippen molar-refractivity contribution in [2.45, 2.75) is 84.5 Å². The van der Waals surface area contributed by atoms with Gasteiger partial charge in [-0.15, -0.1) is 0 Å². The van der Waals surface area contributed by atoms with Crippen LogP contribution in [0.2, 0.25) is 0 Å². The van der Waals surface area contributed by atoms with Gasteiger partial charge in [0.05, 0.1) is 18.0 Å². The van der Waals surface area contributed by atoms with Gasteiger partial charge in [0.1, 0.15) is 0 Å². The normalized spacial score (nSPS) is 10.8. The fourth-order valence-corrected chi connectivity index (χ4v) is 3.58. The molecule has 0 saturated carbocycles. The molecule has 4 heteroatoms. The van der Waals surface area contributed by atoms with Gasteiger partial charge in [-0.3, -0.25) is 4.79 Å². The van der Waals surface area contributed by atoms with Crippen LogP contribution < -0.4 is 0 Å². The van der Waals surface area contributed by atoms with Crippen molar-refractivity contribution in [3.8, 4) is 11.3 Å². The number of aromatic nitrogens is 2. The fourth-order valence-electron chi connectivity index (χ4n) is 3.58. The summed E-state index contributed by atoms with van der Waals surface area (Å²) in [5.74, 6) is -0.0566. The zero-order chi connectivity index (χ0) is 20.7. The van der Waals surface area contributed by atoms with E-state index >= 15 is 0 Å². The van der Waals surface area contributed by atoms with Crippen molar-refractivity contribution in [1.29, 1.82) is 0 Å². The lowest BCUT2D eigenvalue weighted by Gasteiger charge is -2.09. The number of benzene rings is 1. The fraction of sp³-hybridized carbons (Fsp3) is 0.560. The number of hydrogen-bond donors (Lipinski definition) is 0. The Labute approximate surface area is 176 Å². The summed E-state index contributed by atoms with van der Waals surface area (Å²) in [7, 11) is 0. The number of esters is 1. The third-order valence-corrected chi connectivity index (χ3v) is 5.26. The van der Waals surface area contributed by atoms with Crippen LogP contribution in [0.1, 0.15) is 82.9 Å². The Kier molecular flexibility index (Phi) is 11.0. The smallest absolute Gasteiger partial charge is 0.305 e. The molecule has 1 aromatic carbocycles. The van der Waals surface area contributed by atoms with Gasteiger partial charge in [-0.2, -0.15) is 10.2 Å². The number of carbonyl (C=O) groups excluding carboxylic acids is 1. The maximum absolute atomic E-state index is 11.3. The van der Waals surface area contributed by atoms with Crippen LogP contribution >= 0.6 is 0 Å². The van der Waals surface area contributed by atoms with Crippen molar-refractivity contribution >= 4 is 5.97 Å². The number of nitrogens with zero attached hydrogens (tertiary/aromatic N) is 2. The molecule has 158 valence electrons. The molecule has 29 heavy (non-hydrogen) atoms. The summed E-state index contributed by atoms with van der Waals surface area (Å²) < 4.78 is 4.95. The molecule has 0 spiro atoms. The molecule has 1 heterocycles. The Morgan fingerprint density at radius 1 is 0.862 bits per heavy atom. The van der Waals surface area contributed by atoms with E-state index in [2.05, 4.69) is 35.3 Å². The van der Waals surface area contributed by atoms with Crippen molar-refractivity contribution < 1.29 is 9.53 Å². The minimum atomic E-state index is -0.0566. The zero-order valence-electron chi connectivity index (χ0n) is 18.2. The summed E-state index contributed by atoms with van der Waals surface area (Å²) in [6.07, 6.45) is 12.1.